The number of amides is 1. The Morgan fingerprint density at radius 2 is 1.93 bits per heavy atom. The second-order valence-corrected chi connectivity index (χ2v) is 8.44. The third-order valence-electron chi connectivity index (χ3n) is 4.55. The van der Waals surface area contributed by atoms with Gasteiger partial charge in [0.2, 0.25) is 5.91 Å². The van der Waals surface area contributed by atoms with Crippen LogP contribution in [0.2, 0.25) is 0 Å². The molecule has 2 aromatic heterocycles. The molecule has 1 aromatic carbocycles. The average Bonchev–Trinajstić information content (AvgIpc) is 2.86. The maximum absolute atomic E-state index is 13.1. The number of carbonyl (C=O) groups excluding carboxylic acids is 1. The van der Waals surface area contributed by atoms with Gasteiger partial charge in [0.25, 0.3) is 0 Å². The van der Waals surface area contributed by atoms with Crippen molar-refractivity contribution in [3.05, 3.63) is 64.2 Å². The maximum Gasteiger partial charge on any atom is 0.330 e. The first-order chi connectivity index (χ1) is 13.2. The fourth-order valence-electron chi connectivity index (χ4n) is 3.35. The minimum atomic E-state index is -0.111. The molecule has 1 N–H and O–H groups in total. The molecule has 0 aliphatic heterocycles. The van der Waals surface area contributed by atoms with Crippen LogP contribution in [0.25, 0.3) is 11.2 Å². The molecule has 0 aliphatic rings. The predicted octanol–water partition coefficient (Wildman–Crippen LogP) is 3.11. The molecule has 1 amide bonds. The summed E-state index contributed by atoms with van der Waals surface area (Å²) in [7, 11) is 0. The van der Waals surface area contributed by atoms with Gasteiger partial charge in [0.1, 0.15) is 0 Å². The summed E-state index contributed by atoms with van der Waals surface area (Å²) in [5.74, 6) is -0.00277. The predicted molar refractivity (Wildman–Crippen MR) is 111 cm³/mol. The molecule has 0 radical (unpaired) electrons. The minimum Gasteiger partial charge on any atom is -0.354 e. The molecule has 0 fully saturated rings. The SMILES string of the molecule is Cc1cccc(Cn2c(=O)n(CCNC(=O)CC(C)(C)C)c3ncccc32)c1. The highest BCUT2D eigenvalue weighted by Crippen LogP contribution is 2.17. The number of benzene rings is 1. The van der Waals surface area contributed by atoms with E-state index in [9.17, 15) is 9.59 Å². The van der Waals surface area contributed by atoms with Crippen molar-refractivity contribution >= 4 is 17.1 Å². The first kappa shape index (κ1) is 19.9. The summed E-state index contributed by atoms with van der Waals surface area (Å²) in [6.07, 6.45) is 2.14. The number of aryl methyl sites for hydroxylation is 1. The highest BCUT2D eigenvalue weighted by atomic mass is 16.2. The molecule has 3 aromatic rings. The smallest absolute Gasteiger partial charge is 0.330 e. The van der Waals surface area contributed by atoms with Gasteiger partial charge in [-0.3, -0.25) is 13.9 Å². The van der Waals surface area contributed by atoms with Crippen molar-refractivity contribution in [2.24, 2.45) is 5.41 Å². The zero-order chi connectivity index (χ0) is 20.3. The number of imidazole rings is 1. The zero-order valence-electron chi connectivity index (χ0n) is 17.0. The van der Waals surface area contributed by atoms with Gasteiger partial charge < -0.3 is 5.32 Å². The molecular formula is C22H28N4O2. The fraction of sp³-hybridized carbons (Fsp3) is 0.409. The number of rotatable bonds is 6. The summed E-state index contributed by atoms with van der Waals surface area (Å²) >= 11 is 0. The molecule has 6 nitrogen and oxygen atoms in total. The number of pyridine rings is 1. The topological polar surface area (TPSA) is 68.9 Å². The van der Waals surface area contributed by atoms with Crippen molar-refractivity contribution in [2.45, 2.75) is 47.2 Å². The molecule has 0 atom stereocenters. The first-order valence-electron chi connectivity index (χ1n) is 9.61. The lowest BCUT2D eigenvalue weighted by atomic mass is 9.92. The van der Waals surface area contributed by atoms with Crippen LogP contribution in [0, 0.1) is 12.3 Å². The van der Waals surface area contributed by atoms with Gasteiger partial charge in [-0.05, 0) is 30.0 Å². The van der Waals surface area contributed by atoms with Gasteiger partial charge in [-0.15, -0.1) is 0 Å². The van der Waals surface area contributed by atoms with E-state index in [2.05, 4.69) is 16.4 Å². The quantitative estimate of drug-likeness (QED) is 0.714. The molecule has 0 saturated heterocycles. The number of hydrogen-bond acceptors (Lipinski definition) is 3. The Morgan fingerprint density at radius 1 is 1.14 bits per heavy atom. The average molecular weight is 380 g/mol. The molecular weight excluding hydrogens is 352 g/mol. The number of hydrogen-bond donors (Lipinski definition) is 1. The van der Waals surface area contributed by atoms with Crippen molar-refractivity contribution in [3.63, 3.8) is 0 Å². The maximum atomic E-state index is 13.1. The van der Waals surface area contributed by atoms with E-state index < -0.39 is 0 Å². The van der Waals surface area contributed by atoms with Crippen LogP contribution >= 0.6 is 0 Å². The fourth-order valence-corrected chi connectivity index (χ4v) is 3.35. The standard InChI is InChI=1S/C22H28N4O2/c1-16-7-5-8-17(13-16)15-26-18-9-6-10-24-20(18)25(21(26)28)12-11-23-19(27)14-22(2,3)4/h5-10,13H,11-12,14-15H2,1-4H3,(H,23,27). The van der Waals surface area contributed by atoms with Crippen LogP contribution in [-0.4, -0.2) is 26.6 Å². The van der Waals surface area contributed by atoms with Crippen molar-refractivity contribution < 1.29 is 4.79 Å². The summed E-state index contributed by atoms with van der Waals surface area (Å²) < 4.78 is 3.39. The van der Waals surface area contributed by atoms with Gasteiger partial charge in [-0.25, -0.2) is 9.78 Å². The Hall–Kier alpha value is -2.89. The van der Waals surface area contributed by atoms with E-state index in [4.69, 9.17) is 0 Å². The Labute approximate surface area is 165 Å². The molecule has 2 heterocycles. The highest BCUT2D eigenvalue weighted by molar-refractivity contribution is 5.76. The van der Waals surface area contributed by atoms with E-state index in [1.807, 2.05) is 58.0 Å². The van der Waals surface area contributed by atoms with E-state index in [0.717, 1.165) is 16.6 Å². The number of carbonyl (C=O) groups is 1. The highest BCUT2D eigenvalue weighted by Gasteiger charge is 2.17. The minimum absolute atomic E-state index is 0.00277. The van der Waals surface area contributed by atoms with E-state index in [0.29, 0.717) is 31.7 Å². The van der Waals surface area contributed by atoms with Crippen LogP contribution in [-0.2, 0) is 17.9 Å². The van der Waals surface area contributed by atoms with Gasteiger partial charge in [-0.2, -0.15) is 0 Å². The van der Waals surface area contributed by atoms with Crippen molar-refractivity contribution in [1.29, 1.82) is 0 Å². The Morgan fingerprint density at radius 3 is 2.64 bits per heavy atom. The largest absolute Gasteiger partial charge is 0.354 e. The number of fused-ring (bicyclic) bond motifs is 1. The molecule has 0 unspecified atom stereocenters. The van der Waals surface area contributed by atoms with Crippen LogP contribution in [0.5, 0.6) is 0 Å². The van der Waals surface area contributed by atoms with Crippen LogP contribution in [0.4, 0.5) is 0 Å². The Balaban J connectivity index is 1.82. The molecule has 28 heavy (non-hydrogen) atoms. The van der Waals surface area contributed by atoms with Crippen LogP contribution in [0.15, 0.2) is 47.4 Å². The Bertz CT molecular complexity index is 1040. The van der Waals surface area contributed by atoms with Crippen molar-refractivity contribution in [3.8, 4) is 0 Å². The third kappa shape index (κ3) is 4.68. The van der Waals surface area contributed by atoms with E-state index in [1.165, 1.54) is 0 Å². The molecule has 0 aliphatic carbocycles. The van der Waals surface area contributed by atoms with Gasteiger partial charge in [0, 0.05) is 25.7 Å². The first-order valence-corrected chi connectivity index (χ1v) is 9.61. The monoisotopic (exact) mass is 380 g/mol. The molecule has 6 heteroatoms. The molecule has 0 bridgehead atoms. The summed E-state index contributed by atoms with van der Waals surface area (Å²) in [4.78, 5) is 29.5. The second kappa shape index (κ2) is 8.00. The van der Waals surface area contributed by atoms with Crippen LogP contribution < -0.4 is 11.0 Å². The number of nitrogens with one attached hydrogen (secondary N) is 1. The second-order valence-electron chi connectivity index (χ2n) is 8.44. The van der Waals surface area contributed by atoms with Gasteiger partial charge in [0.15, 0.2) is 5.65 Å². The van der Waals surface area contributed by atoms with Gasteiger partial charge >= 0.3 is 5.69 Å². The van der Waals surface area contributed by atoms with E-state index in [-0.39, 0.29) is 17.0 Å². The summed E-state index contributed by atoms with van der Waals surface area (Å²) in [5.41, 5.74) is 3.50. The summed E-state index contributed by atoms with van der Waals surface area (Å²) in [6, 6.07) is 11.9. The van der Waals surface area contributed by atoms with Gasteiger partial charge in [0.05, 0.1) is 12.1 Å². The summed E-state index contributed by atoms with van der Waals surface area (Å²) in [5, 5.41) is 2.91. The molecule has 3 rings (SSSR count). The van der Waals surface area contributed by atoms with Crippen LogP contribution in [0.3, 0.4) is 0 Å². The lowest BCUT2D eigenvalue weighted by Gasteiger charge is -2.17. The molecule has 148 valence electrons. The number of nitrogens with zero attached hydrogens (tertiary/aromatic N) is 3. The third-order valence-corrected chi connectivity index (χ3v) is 4.55. The van der Waals surface area contributed by atoms with Gasteiger partial charge in [-0.1, -0.05) is 50.6 Å². The van der Waals surface area contributed by atoms with Crippen molar-refractivity contribution in [1.82, 2.24) is 19.4 Å². The zero-order valence-corrected chi connectivity index (χ0v) is 17.0. The Kier molecular flexibility index (Phi) is 5.68. The van der Waals surface area contributed by atoms with Crippen molar-refractivity contribution in [2.75, 3.05) is 6.54 Å². The summed E-state index contributed by atoms with van der Waals surface area (Å²) in [6.45, 7) is 9.40. The van der Waals surface area contributed by atoms with E-state index in [1.54, 1.807) is 15.3 Å². The van der Waals surface area contributed by atoms with E-state index >= 15 is 0 Å². The van der Waals surface area contributed by atoms with Crippen LogP contribution in [0.1, 0.15) is 38.3 Å². The normalized spacial score (nSPS) is 11.7. The lowest BCUT2D eigenvalue weighted by molar-refractivity contribution is -0.122. The lowest BCUT2D eigenvalue weighted by Crippen LogP contribution is -2.33. The molecule has 0 spiro atoms. The molecule has 0 saturated carbocycles. The number of aromatic nitrogens is 3.